The Labute approximate surface area is 155 Å². The lowest BCUT2D eigenvalue weighted by atomic mass is 9.85. The first-order valence-corrected chi connectivity index (χ1v) is 8.84. The first-order chi connectivity index (χ1) is 12.9. The van der Waals surface area contributed by atoms with Crippen molar-refractivity contribution in [3.63, 3.8) is 0 Å². The van der Waals surface area contributed by atoms with Gasteiger partial charge >= 0.3 is 0 Å². The molecule has 3 aromatic heterocycles. The van der Waals surface area contributed by atoms with Crippen LogP contribution in [0.2, 0.25) is 0 Å². The van der Waals surface area contributed by atoms with Gasteiger partial charge in [0.15, 0.2) is 11.3 Å². The summed E-state index contributed by atoms with van der Waals surface area (Å²) >= 11 is 0. The third-order valence-corrected chi connectivity index (χ3v) is 5.09. The monoisotopic (exact) mass is 369 g/mol. The number of aromatic nitrogens is 4. The van der Waals surface area contributed by atoms with Crippen LogP contribution in [0.15, 0.2) is 30.5 Å². The Morgan fingerprint density at radius 1 is 1.26 bits per heavy atom. The topological polar surface area (TPSA) is 83.6 Å². The molecule has 0 bridgehead atoms. The molecule has 0 saturated carbocycles. The minimum Gasteiger partial charge on any atom is -0.385 e. The van der Waals surface area contributed by atoms with Crippen molar-refractivity contribution in [2.45, 2.75) is 32.3 Å². The van der Waals surface area contributed by atoms with Crippen molar-refractivity contribution in [1.82, 2.24) is 24.5 Å². The number of carbonyl (C=O) groups excluding carboxylic acids is 1. The van der Waals surface area contributed by atoms with Gasteiger partial charge in [0.25, 0.3) is 5.91 Å². The van der Waals surface area contributed by atoms with Gasteiger partial charge in [-0.25, -0.2) is 14.5 Å². The Morgan fingerprint density at radius 3 is 2.70 bits per heavy atom. The number of hydrogen-bond donors (Lipinski definition) is 1. The molecule has 4 heterocycles. The molecule has 1 fully saturated rings. The number of nitrogens with zero attached hydrogens (tertiary/aromatic N) is 5. The summed E-state index contributed by atoms with van der Waals surface area (Å²) in [4.78, 5) is 22.5. The average molecular weight is 369 g/mol. The molecule has 140 valence electrons. The molecular formula is C19H20FN5O2. The van der Waals surface area contributed by atoms with E-state index in [4.69, 9.17) is 0 Å². The van der Waals surface area contributed by atoms with Crippen molar-refractivity contribution >= 4 is 11.6 Å². The van der Waals surface area contributed by atoms with Gasteiger partial charge in [-0.2, -0.15) is 9.49 Å². The summed E-state index contributed by atoms with van der Waals surface area (Å²) in [6, 6.07) is 6.71. The molecule has 1 N–H and O–H groups in total. The SMILES string of the molecule is Cc1cc(C)n2nc(C(=O)N3CCC(O)(c4cccnc4F)CC3)cc2n1. The van der Waals surface area contributed by atoms with Gasteiger partial charge in [-0.3, -0.25) is 4.79 Å². The standard InChI is InChI=1S/C19H20FN5O2/c1-12-10-13(2)25-16(22-12)11-15(23-25)18(26)24-8-5-19(27,6-9-24)14-4-3-7-21-17(14)20/h3-4,7,10-11,27H,5-6,8-9H2,1-2H3. The summed E-state index contributed by atoms with van der Waals surface area (Å²) in [5.41, 5.74) is 1.57. The van der Waals surface area contributed by atoms with Gasteiger partial charge in [0.2, 0.25) is 5.95 Å². The van der Waals surface area contributed by atoms with Gasteiger partial charge in [0.1, 0.15) is 0 Å². The third-order valence-electron chi connectivity index (χ3n) is 5.09. The predicted octanol–water partition coefficient (Wildman–Crippen LogP) is 2.00. The second-order valence-corrected chi connectivity index (χ2v) is 7.00. The zero-order chi connectivity index (χ0) is 19.2. The smallest absolute Gasteiger partial charge is 0.274 e. The van der Waals surface area contributed by atoms with Crippen LogP contribution in [-0.2, 0) is 5.60 Å². The van der Waals surface area contributed by atoms with Crippen LogP contribution in [0.3, 0.4) is 0 Å². The largest absolute Gasteiger partial charge is 0.385 e. The number of piperidine rings is 1. The van der Waals surface area contributed by atoms with Gasteiger partial charge < -0.3 is 10.0 Å². The second kappa shape index (κ2) is 6.38. The van der Waals surface area contributed by atoms with Gasteiger partial charge in [0, 0.05) is 42.3 Å². The lowest BCUT2D eigenvalue weighted by molar-refractivity contribution is -0.0242. The van der Waals surface area contributed by atoms with Gasteiger partial charge in [0.05, 0.1) is 5.60 Å². The number of likely N-dealkylation sites (tertiary alicyclic amines) is 1. The van der Waals surface area contributed by atoms with E-state index in [1.54, 1.807) is 27.6 Å². The maximum atomic E-state index is 14.0. The van der Waals surface area contributed by atoms with Crippen molar-refractivity contribution < 1.29 is 14.3 Å². The molecule has 4 rings (SSSR count). The summed E-state index contributed by atoms with van der Waals surface area (Å²) in [6.45, 7) is 4.42. The van der Waals surface area contributed by atoms with Gasteiger partial charge in [-0.15, -0.1) is 0 Å². The van der Waals surface area contributed by atoms with Crippen molar-refractivity contribution in [2.75, 3.05) is 13.1 Å². The third kappa shape index (κ3) is 3.06. The molecule has 1 aliphatic heterocycles. The molecule has 0 spiro atoms. The van der Waals surface area contributed by atoms with Crippen LogP contribution in [0.1, 0.15) is 40.3 Å². The first kappa shape index (κ1) is 17.5. The van der Waals surface area contributed by atoms with Crippen LogP contribution in [-0.4, -0.2) is 48.6 Å². The maximum absolute atomic E-state index is 14.0. The summed E-state index contributed by atoms with van der Waals surface area (Å²) in [6.07, 6.45) is 1.83. The predicted molar refractivity (Wildman–Crippen MR) is 95.7 cm³/mol. The van der Waals surface area contributed by atoms with E-state index in [0.717, 1.165) is 11.4 Å². The highest BCUT2D eigenvalue weighted by molar-refractivity contribution is 5.93. The minimum atomic E-state index is -1.32. The summed E-state index contributed by atoms with van der Waals surface area (Å²) < 4.78 is 15.6. The van der Waals surface area contributed by atoms with Crippen molar-refractivity contribution in [1.29, 1.82) is 0 Å². The van der Waals surface area contributed by atoms with Gasteiger partial charge in [-0.05, 0) is 38.8 Å². The highest BCUT2D eigenvalue weighted by Crippen LogP contribution is 2.34. The van der Waals surface area contributed by atoms with Crippen LogP contribution >= 0.6 is 0 Å². The highest BCUT2D eigenvalue weighted by Gasteiger charge is 2.38. The quantitative estimate of drug-likeness (QED) is 0.699. The van der Waals surface area contributed by atoms with Crippen LogP contribution in [0.4, 0.5) is 4.39 Å². The number of pyridine rings is 1. The Hall–Kier alpha value is -2.87. The van der Waals surface area contributed by atoms with E-state index in [0.29, 0.717) is 24.4 Å². The fourth-order valence-corrected chi connectivity index (χ4v) is 3.64. The minimum absolute atomic E-state index is 0.181. The van der Waals surface area contributed by atoms with Crippen LogP contribution in [0.5, 0.6) is 0 Å². The Kier molecular flexibility index (Phi) is 4.15. The molecule has 8 heteroatoms. The maximum Gasteiger partial charge on any atom is 0.274 e. The lowest BCUT2D eigenvalue weighted by Gasteiger charge is -2.38. The molecule has 1 amide bonds. The fraction of sp³-hybridized carbons (Fsp3) is 0.368. The van der Waals surface area contributed by atoms with E-state index in [1.165, 1.54) is 6.20 Å². The Balaban J connectivity index is 1.54. The van der Waals surface area contributed by atoms with Crippen LogP contribution in [0.25, 0.3) is 5.65 Å². The van der Waals surface area contributed by atoms with Gasteiger partial charge in [-0.1, -0.05) is 6.07 Å². The molecule has 0 radical (unpaired) electrons. The zero-order valence-electron chi connectivity index (χ0n) is 15.2. The summed E-state index contributed by atoms with van der Waals surface area (Å²) in [7, 11) is 0. The molecule has 0 unspecified atom stereocenters. The molecule has 27 heavy (non-hydrogen) atoms. The number of carbonyl (C=O) groups is 1. The number of rotatable bonds is 2. The average Bonchev–Trinajstić information content (AvgIpc) is 3.06. The van der Waals surface area contributed by atoms with E-state index in [9.17, 15) is 14.3 Å². The molecule has 0 aromatic carbocycles. The number of fused-ring (bicyclic) bond motifs is 1. The number of aliphatic hydroxyl groups is 1. The van der Waals surface area contributed by atoms with Crippen LogP contribution in [0, 0.1) is 19.8 Å². The first-order valence-electron chi connectivity index (χ1n) is 8.84. The van der Waals surface area contributed by atoms with E-state index < -0.39 is 11.5 Å². The number of amides is 1. The molecular weight excluding hydrogens is 349 g/mol. The fourth-order valence-electron chi connectivity index (χ4n) is 3.64. The highest BCUT2D eigenvalue weighted by atomic mass is 19.1. The molecule has 3 aromatic rings. The van der Waals surface area contributed by atoms with Crippen LogP contribution < -0.4 is 0 Å². The van der Waals surface area contributed by atoms with E-state index in [-0.39, 0.29) is 24.3 Å². The second-order valence-electron chi connectivity index (χ2n) is 7.00. The lowest BCUT2D eigenvalue weighted by Crippen LogP contribution is -2.45. The van der Waals surface area contributed by atoms with Crippen molar-refractivity contribution in [2.24, 2.45) is 0 Å². The van der Waals surface area contributed by atoms with E-state index in [1.807, 2.05) is 19.9 Å². The van der Waals surface area contributed by atoms with E-state index >= 15 is 0 Å². The number of halogens is 1. The Bertz CT molecular complexity index is 1020. The van der Waals surface area contributed by atoms with Crippen molar-refractivity contribution in [3.8, 4) is 0 Å². The number of aryl methyl sites for hydroxylation is 2. The normalized spacial score (nSPS) is 16.7. The molecule has 0 atom stereocenters. The Morgan fingerprint density at radius 2 is 2.00 bits per heavy atom. The summed E-state index contributed by atoms with van der Waals surface area (Å²) in [5.74, 6) is -0.886. The number of hydrogen-bond acceptors (Lipinski definition) is 5. The summed E-state index contributed by atoms with van der Waals surface area (Å²) in [5, 5.41) is 15.2. The molecule has 0 aliphatic carbocycles. The molecule has 1 aliphatic rings. The van der Waals surface area contributed by atoms with Crippen molar-refractivity contribution in [3.05, 3.63) is 59.1 Å². The molecule has 7 nitrogen and oxygen atoms in total. The molecule has 1 saturated heterocycles. The van der Waals surface area contributed by atoms with E-state index in [2.05, 4.69) is 15.1 Å². The zero-order valence-corrected chi connectivity index (χ0v) is 15.2.